The molecule has 0 atom stereocenters. The number of hydrogen-bond acceptors (Lipinski definition) is 2. The van der Waals surface area contributed by atoms with Gasteiger partial charge in [0.1, 0.15) is 0 Å². The van der Waals surface area contributed by atoms with Crippen LogP contribution in [0.1, 0.15) is 0 Å². The van der Waals surface area contributed by atoms with Gasteiger partial charge in [0.2, 0.25) is 0 Å². The standard InChI is InChI=1S/C8H11NS2/c1-11-8-2-4-9(5-3-8)6-7-10/h2-5H,6-7H2,1H3/p+1. The third-order valence-electron chi connectivity index (χ3n) is 1.45. The lowest BCUT2D eigenvalue weighted by molar-refractivity contribution is -0.692. The molecule has 0 saturated heterocycles. The van der Waals surface area contributed by atoms with Crippen molar-refractivity contribution in [3.8, 4) is 0 Å². The number of aryl methyl sites for hydroxylation is 1. The van der Waals surface area contributed by atoms with E-state index in [1.165, 1.54) is 4.90 Å². The Bertz CT molecular complexity index is 208. The van der Waals surface area contributed by atoms with Crippen LogP contribution in [0.4, 0.5) is 0 Å². The lowest BCUT2D eigenvalue weighted by atomic mass is 10.5. The average molecular weight is 186 g/mol. The Balaban J connectivity index is 2.66. The number of hydrogen-bond donors (Lipinski definition) is 1. The molecule has 11 heavy (non-hydrogen) atoms. The van der Waals surface area contributed by atoms with Crippen LogP contribution in [0.15, 0.2) is 29.4 Å². The van der Waals surface area contributed by atoms with Crippen LogP contribution < -0.4 is 4.57 Å². The van der Waals surface area contributed by atoms with Crippen LogP contribution in [0.5, 0.6) is 0 Å². The number of nitrogens with zero attached hydrogens (tertiary/aromatic N) is 1. The van der Waals surface area contributed by atoms with E-state index < -0.39 is 0 Å². The molecule has 1 aromatic rings. The molecule has 0 aliphatic carbocycles. The summed E-state index contributed by atoms with van der Waals surface area (Å²) in [5, 5.41) is 0. The van der Waals surface area contributed by atoms with Crippen molar-refractivity contribution < 1.29 is 4.57 Å². The first-order valence-electron chi connectivity index (χ1n) is 3.51. The molecule has 0 N–H and O–H groups in total. The highest BCUT2D eigenvalue weighted by molar-refractivity contribution is 7.98. The van der Waals surface area contributed by atoms with E-state index in [0.717, 1.165) is 12.3 Å². The zero-order valence-electron chi connectivity index (χ0n) is 6.53. The zero-order valence-corrected chi connectivity index (χ0v) is 8.24. The van der Waals surface area contributed by atoms with Crippen molar-refractivity contribution in [3.63, 3.8) is 0 Å². The van der Waals surface area contributed by atoms with Gasteiger partial charge in [-0.3, -0.25) is 0 Å². The monoisotopic (exact) mass is 186 g/mol. The Hall–Kier alpha value is -0.150. The fourth-order valence-electron chi connectivity index (χ4n) is 0.844. The summed E-state index contributed by atoms with van der Waals surface area (Å²) in [5.74, 6) is 0.892. The molecule has 0 radical (unpaired) electrons. The minimum absolute atomic E-state index is 0.892. The number of thioether (sulfide) groups is 1. The summed E-state index contributed by atoms with van der Waals surface area (Å²) in [6.45, 7) is 0.984. The molecule has 0 aromatic carbocycles. The van der Waals surface area contributed by atoms with E-state index in [-0.39, 0.29) is 0 Å². The molecular weight excluding hydrogens is 174 g/mol. The molecule has 1 rings (SSSR count). The maximum atomic E-state index is 4.15. The molecule has 0 amide bonds. The third kappa shape index (κ3) is 2.75. The Kier molecular flexibility index (Phi) is 3.80. The van der Waals surface area contributed by atoms with E-state index >= 15 is 0 Å². The highest BCUT2D eigenvalue weighted by Crippen LogP contribution is 2.10. The van der Waals surface area contributed by atoms with Crippen molar-refractivity contribution in [2.45, 2.75) is 11.4 Å². The van der Waals surface area contributed by atoms with Gasteiger partial charge in [0.15, 0.2) is 18.9 Å². The van der Waals surface area contributed by atoms with Crippen molar-refractivity contribution in [3.05, 3.63) is 24.5 Å². The average Bonchev–Trinajstić information content (AvgIpc) is 2.07. The quantitative estimate of drug-likeness (QED) is 0.427. The summed E-state index contributed by atoms with van der Waals surface area (Å²) >= 11 is 5.92. The largest absolute Gasteiger partial charge is 0.204 e. The number of aromatic nitrogens is 1. The van der Waals surface area contributed by atoms with Gasteiger partial charge in [-0.15, -0.1) is 11.8 Å². The highest BCUT2D eigenvalue weighted by atomic mass is 32.2. The van der Waals surface area contributed by atoms with Gasteiger partial charge in [-0.1, -0.05) is 0 Å². The molecule has 0 aliphatic rings. The molecule has 0 fully saturated rings. The normalized spacial score (nSPS) is 10.0. The van der Waals surface area contributed by atoms with Crippen LogP contribution in [-0.4, -0.2) is 12.0 Å². The van der Waals surface area contributed by atoms with Crippen LogP contribution >= 0.6 is 24.4 Å². The van der Waals surface area contributed by atoms with Crippen LogP contribution in [-0.2, 0) is 6.54 Å². The maximum Gasteiger partial charge on any atom is 0.169 e. The van der Waals surface area contributed by atoms with Gasteiger partial charge in [0, 0.05) is 22.8 Å². The molecule has 3 heteroatoms. The Morgan fingerprint density at radius 1 is 1.45 bits per heavy atom. The first-order chi connectivity index (χ1) is 5.36. The fourth-order valence-corrected chi connectivity index (χ4v) is 1.47. The number of pyridine rings is 1. The highest BCUT2D eigenvalue weighted by Gasteiger charge is 1.96. The SMILES string of the molecule is CSc1cc[n+](CCS)cc1. The van der Waals surface area contributed by atoms with E-state index in [9.17, 15) is 0 Å². The van der Waals surface area contributed by atoms with E-state index in [1.54, 1.807) is 11.8 Å². The first kappa shape index (κ1) is 8.94. The predicted octanol–water partition coefficient (Wildman–Crippen LogP) is 1.63. The lowest BCUT2D eigenvalue weighted by Crippen LogP contribution is -2.33. The van der Waals surface area contributed by atoms with Gasteiger partial charge < -0.3 is 0 Å². The second kappa shape index (κ2) is 4.67. The van der Waals surface area contributed by atoms with Crippen LogP contribution in [0.2, 0.25) is 0 Å². The molecule has 0 bridgehead atoms. The molecule has 0 spiro atoms. The summed E-state index contributed by atoms with van der Waals surface area (Å²) < 4.78 is 2.13. The Morgan fingerprint density at radius 3 is 2.55 bits per heavy atom. The van der Waals surface area contributed by atoms with Gasteiger partial charge in [-0.2, -0.15) is 12.6 Å². The molecule has 1 aromatic heterocycles. The molecular formula is C8H12NS2+. The van der Waals surface area contributed by atoms with E-state index in [2.05, 4.69) is 48.0 Å². The summed E-state index contributed by atoms with van der Waals surface area (Å²) in [6.07, 6.45) is 6.25. The van der Waals surface area contributed by atoms with Crippen molar-refractivity contribution in [2.75, 3.05) is 12.0 Å². The maximum absolute atomic E-state index is 4.15. The van der Waals surface area contributed by atoms with Gasteiger partial charge in [-0.05, 0) is 6.26 Å². The minimum atomic E-state index is 0.892. The number of thiol groups is 1. The first-order valence-corrected chi connectivity index (χ1v) is 5.36. The lowest BCUT2D eigenvalue weighted by Gasteiger charge is -1.94. The van der Waals surface area contributed by atoms with Crippen molar-refractivity contribution >= 4 is 24.4 Å². The van der Waals surface area contributed by atoms with Crippen LogP contribution in [0, 0.1) is 0 Å². The second-order valence-corrected chi connectivity index (χ2v) is 3.53. The summed E-state index contributed by atoms with van der Waals surface area (Å²) in [6, 6.07) is 4.24. The third-order valence-corrected chi connectivity index (χ3v) is 2.40. The molecule has 0 unspecified atom stereocenters. The van der Waals surface area contributed by atoms with Crippen LogP contribution in [0.3, 0.4) is 0 Å². The van der Waals surface area contributed by atoms with Gasteiger partial charge in [0.05, 0.1) is 0 Å². The second-order valence-electron chi connectivity index (χ2n) is 2.20. The minimum Gasteiger partial charge on any atom is -0.204 e. The van der Waals surface area contributed by atoms with Gasteiger partial charge >= 0.3 is 0 Å². The predicted molar refractivity (Wildman–Crippen MR) is 52.3 cm³/mol. The molecule has 0 aliphatic heterocycles. The summed E-state index contributed by atoms with van der Waals surface area (Å²) in [7, 11) is 0. The summed E-state index contributed by atoms with van der Waals surface area (Å²) in [5.41, 5.74) is 0. The number of rotatable bonds is 3. The molecule has 60 valence electrons. The van der Waals surface area contributed by atoms with Gasteiger partial charge in [-0.25, -0.2) is 4.57 Å². The molecule has 0 saturated carbocycles. The smallest absolute Gasteiger partial charge is 0.169 e. The van der Waals surface area contributed by atoms with Crippen molar-refractivity contribution in [2.24, 2.45) is 0 Å². The van der Waals surface area contributed by atoms with E-state index in [0.29, 0.717) is 0 Å². The molecule has 1 heterocycles. The zero-order chi connectivity index (χ0) is 8.10. The van der Waals surface area contributed by atoms with E-state index in [1.807, 2.05) is 0 Å². The van der Waals surface area contributed by atoms with E-state index in [4.69, 9.17) is 0 Å². The fraction of sp³-hybridized carbons (Fsp3) is 0.375. The van der Waals surface area contributed by atoms with Crippen molar-refractivity contribution in [1.82, 2.24) is 0 Å². The Labute approximate surface area is 77.2 Å². The summed E-state index contributed by atoms with van der Waals surface area (Å²) in [4.78, 5) is 1.31. The topological polar surface area (TPSA) is 3.88 Å². The Morgan fingerprint density at radius 2 is 2.09 bits per heavy atom. The van der Waals surface area contributed by atoms with Gasteiger partial charge in [0.25, 0.3) is 0 Å². The van der Waals surface area contributed by atoms with Crippen LogP contribution in [0.25, 0.3) is 0 Å². The molecule has 1 nitrogen and oxygen atoms in total. The van der Waals surface area contributed by atoms with Crippen molar-refractivity contribution in [1.29, 1.82) is 0 Å².